The van der Waals surface area contributed by atoms with Crippen LogP contribution >= 0.6 is 0 Å². The van der Waals surface area contributed by atoms with E-state index in [0.29, 0.717) is 5.92 Å². The van der Waals surface area contributed by atoms with Gasteiger partial charge in [0.2, 0.25) is 0 Å². The molecule has 0 saturated heterocycles. The van der Waals surface area contributed by atoms with Crippen LogP contribution in [-0.2, 0) is 6.42 Å². The van der Waals surface area contributed by atoms with Crippen LogP contribution in [0.15, 0.2) is 18.2 Å². The molecule has 1 aliphatic rings. The SMILES string of the molecule is CCCCCC(C)C1CCC(c2cccc(CC)c2F)CC1. The van der Waals surface area contributed by atoms with Crippen LogP contribution in [0.2, 0.25) is 0 Å². The van der Waals surface area contributed by atoms with E-state index in [0.717, 1.165) is 29.4 Å². The van der Waals surface area contributed by atoms with Crippen molar-refractivity contribution >= 4 is 0 Å². The van der Waals surface area contributed by atoms with Crippen LogP contribution in [-0.4, -0.2) is 0 Å². The standard InChI is InChI=1S/C21H33F/c1-4-6-7-9-16(3)18-12-14-19(15-13-18)20-11-8-10-17(5-2)21(20)22/h8,10-11,16,18-19H,4-7,9,12-15H2,1-3H3. The number of hydrogen-bond donors (Lipinski definition) is 0. The minimum Gasteiger partial charge on any atom is -0.206 e. The van der Waals surface area contributed by atoms with Crippen molar-refractivity contribution in [3.05, 3.63) is 35.1 Å². The first-order chi connectivity index (χ1) is 10.7. The van der Waals surface area contributed by atoms with E-state index >= 15 is 0 Å². The van der Waals surface area contributed by atoms with Crippen molar-refractivity contribution in [2.45, 2.75) is 84.5 Å². The highest BCUT2D eigenvalue weighted by molar-refractivity contribution is 5.29. The van der Waals surface area contributed by atoms with Crippen molar-refractivity contribution in [3.63, 3.8) is 0 Å². The normalized spacial score (nSPS) is 23.5. The van der Waals surface area contributed by atoms with Gasteiger partial charge in [0.15, 0.2) is 0 Å². The van der Waals surface area contributed by atoms with Crippen LogP contribution in [0.5, 0.6) is 0 Å². The molecule has 0 nitrogen and oxygen atoms in total. The average Bonchev–Trinajstić information content (AvgIpc) is 2.55. The zero-order valence-electron chi connectivity index (χ0n) is 14.7. The van der Waals surface area contributed by atoms with Crippen LogP contribution in [0.4, 0.5) is 4.39 Å². The van der Waals surface area contributed by atoms with Crippen LogP contribution in [0.1, 0.15) is 89.2 Å². The third-order valence-corrected chi connectivity index (χ3v) is 5.77. The topological polar surface area (TPSA) is 0 Å². The van der Waals surface area contributed by atoms with Gasteiger partial charge in [0.05, 0.1) is 0 Å². The van der Waals surface area contributed by atoms with E-state index < -0.39 is 0 Å². The first kappa shape index (κ1) is 17.5. The van der Waals surface area contributed by atoms with Gasteiger partial charge in [-0.3, -0.25) is 0 Å². The molecule has 1 unspecified atom stereocenters. The second kappa shape index (κ2) is 8.70. The molecular weight excluding hydrogens is 271 g/mol. The third kappa shape index (κ3) is 4.33. The maximum absolute atomic E-state index is 14.5. The molecule has 1 aromatic carbocycles. The molecule has 1 saturated carbocycles. The molecule has 0 aliphatic heterocycles. The highest BCUT2D eigenvalue weighted by Gasteiger charge is 2.27. The van der Waals surface area contributed by atoms with E-state index in [4.69, 9.17) is 0 Å². The number of unbranched alkanes of at least 4 members (excludes halogenated alkanes) is 2. The average molecular weight is 304 g/mol. The van der Waals surface area contributed by atoms with E-state index in [2.05, 4.69) is 13.8 Å². The Labute approximate surface area is 136 Å². The predicted molar refractivity (Wildman–Crippen MR) is 93.8 cm³/mol. The third-order valence-electron chi connectivity index (χ3n) is 5.77. The molecule has 1 aliphatic carbocycles. The molecule has 124 valence electrons. The molecule has 0 heterocycles. The molecule has 22 heavy (non-hydrogen) atoms. The lowest BCUT2D eigenvalue weighted by Crippen LogP contribution is -2.20. The second-order valence-corrected chi connectivity index (χ2v) is 7.26. The lowest BCUT2D eigenvalue weighted by Gasteiger charge is -2.33. The molecule has 1 fully saturated rings. The van der Waals surface area contributed by atoms with Gasteiger partial charge in [-0.2, -0.15) is 0 Å². The molecule has 0 aromatic heterocycles. The van der Waals surface area contributed by atoms with E-state index in [-0.39, 0.29) is 5.82 Å². The van der Waals surface area contributed by atoms with Crippen molar-refractivity contribution in [2.24, 2.45) is 11.8 Å². The monoisotopic (exact) mass is 304 g/mol. The summed E-state index contributed by atoms with van der Waals surface area (Å²) in [4.78, 5) is 0. The Morgan fingerprint density at radius 2 is 1.82 bits per heavy atom. The number of hydrogen-bond acceptors (Lipinski definition) is 0. The Bertz CT molecular complexity index is 443. The second-order valence-electron chi connectivity index (χ2n) is 7.26. The summed E-state index contributed by atoms with van der Waals surface area (Å²) in [7, 11) is 0. The Morgan fingerprint density at radius 1 is 1.09 bits per heavy atom. The van der Waals surface area contributed by atoms with Gasteiger partial charge >= 0.3 is 0 Å². The molecule has 1 atom stereocenters. The molecule has 1 aromatic rings. The summed E-state index contributed by atoms with van der Waals surface area (Å²) < 4.78 is 14.5. The van der Waals surface area contributed by atoms with Gasteiger partial charge in [-0.25, -0.2) is 4.39 Å². The van der Waals surface area contributed by atoms with Crippen LogP contribution in [0, 0.1) is 17.7 Å². The number of aryl methyl sites for hydroxylation is 1. The summed E-state index contributed by atoms with van der Waals surface area (Å²) in [5.41, 5.74) is 1.86. The lowest BCUT2D eigenvalue weighted by atomic mass is 9.73. The van der Waals surface area contributed by atoms with E-state index in [9.17, 15) is 4.39 Å². The quantitative estimate of drug-likeness (QED) is 0.482. The summed E-state index contributed by atoms with van der Waals surface area (Å²) in [5, 5.41) is 0. The van der Waals surface area contributed by atoms with Gasteiger partial charge in [0.25, 0.3) is 0 Å². The molecule has 0 amide bonds. The maximum Gasteiger partial charge on any atom is 0.129 e. The zero-order chi connectivity index (χ0) is 15.9. The van der Waals surface area contributed by atoms with Gasteiger partial charge in [-0.1, -0.05) is 64.7 Å². The minimum atomic E-state index is 0.0736. The van der Waals surface area contributed by atoms with Crippen molar-refractivity contribution < 1.29 is 4.39 Å². The molecule has 0 radical (unpaired) electrons. The van der Waals surface area contributed by atoms with E-state index in [1.165, 1.54) is 51.4 Å². The maximum atomic E-state index is 14.5. The fraction of sp³-hybridized carbons (Fsp3) is 0.714. The van der Waals surface area contributed by atoms with Gasteiger partial charge < -0.3 is 0 Å². The Kier molecular flexibility index (Phi) is 6.92. The number of rotatable bonds is 7. The molecule has 0 bridgehead atoms. The summed E-state index contributed by atoms with van der Waals surface area (Å²) in [6.07, 6.45) is 11.2. The number of halogens is 1. The summed E-state index contributed by atoms with van der Waals surface area (Å²) in [6.45, 7) is 6.74. The van der Waals surface area contributed by atoms with Crippen molar-refractivity contribution in [1.82, 2.24) is 0 Å². The van der Waals surface area contributed by atoms with E-state index in [1.54, 1.807) is 0 Å². The number of benzene rings is 1. The van der Waals surface area contributed by atoms with Crippen molar-refractivity contribution in [1.29, 1.82) is 0 Å². The Morgan fingerprint density at radius 3 is 2.45 bits per heavy atom. The zero-order valence-corrected chi connectivity index (χ0v) is 14.7. The van der Waals surface area contributed by atoms with Gasteiger partial charge in [0, 0.05) is 0 Å². The van der Waals surface area contributed by atoms with E-state index in [1.807, 2.05) is 25.1 Å². The first-order valence-corrected chi connectivity index (χ1v) is 9.44. The molecular formula is C21H33F. The predicted octanol–water partition coefficient (Wildman–Crippen LogP) is 6.88. The van der Waals surface area contributed by atoms with Crippen LogP contribution < -0.4 is 0 Å². The minimum absolute atomic E-state index is 0.0736. The van der Waals surface area contributed by atoms with Crippen LogP contribution in [0.25, 0.3) is 0 Å². The first-order valence-electron chi connectivity index (χ1n) is 9.44. The molecule has 2 rings (SSSR count). The van der Waals surface area contributed by atoms with Gasteiger partial charge in [-0.05, 0) is 61.0 Å². The summed E-state index contributed by atoms with van der Waals surface area (Å²) in [5.74, 6) is 2.24. The Hall–Kier alpha value is -0.850. The lowest BCUT2D eigenvalue weighted by molar-refractivity contribution is 0.230. The van der Waals surface area contributed by atoms with Gasteiger partial charge in [0.1, 0.15) is 5.82 Å². The smallest absolute Gasteiger partial charge is 0.129 e. The molecule has 0 spiro atoms. The van der Waals surface area contributed by atoms with Crippen LogP contribution in [0.3, 0.4) is 0 Å². The largest absolute Gasteiger partial charge is 0.206 e. The van der Waals surface area contributed by atoms with Crippen molar-refractivity contribution in [3.8, 4) is 0 Å². The van der Waals surface area contributed by atoms with Gasteiger partial charge in [-0.15, -0.1) is 0 Å². The van der Waals surface area contributed by atoms with Crippen molar-refractivity contribution in [2.75, 3.05) is 0 Å². The fourth-order valence-corrected chi connectivity index (χ4v) is 4.14. The summed E-state index contributed by atoms with van der Waals surface area (Å²) >= 11 is 0. The highest BCUT2D eigenvalue weighted by atomic mass is 19.1. The fourth-order valence-electron chi connectivity index (χ4n) is 4.14. The Balaban J connectivity index is 1.89. The molecule has 1 heteroatoms. The summed E-state index contributed by atoms with van der Waals surface area (Å²) in [6, 6.07) is 5.99. The molecule has 0 N–H and O–H groups in total. The highest BCUT2D eigenvalue weighted by Crippen LogP contribution is 2.41.